The smallest absolute Gasteiger partial charge is 0.254 e. The van der Waals surface area contributed by atoms with Crippen LogP contribution in [0.15, 0.2) is 47.6 Å². The van der Waals surface area contributed by atoms with E-state index in [9.17, 15) is 14.0 Å². The minimum atomic E-state index is -0.601. The Kier molecular flexibility index (Phi) is 8.11. The molecule has 0 unspecified atom stereocenters. The second-order valence-corrected chi connectivity index (χ2v) is 8.43. The van der Waals surface area contributed by atoms with Crippen molar-refractivity contribution in [1.29, 1.82) is 0 Å². The summed E-state index contributed by atoms with van der Waals surface area (Å²) in [6.45, 7) is 4.15. The first-order chi connectivity index (χ1) is 15.3. The van der Waals surface area contributed by atoms with Gasteiger partial charge in [0.05, 0.1) is 33.1 Å². The molecule has 0 fully saturated rings. The van der Waals surface area contributed by atoms with Crippen LogP contribution < -0.4 is 10.6 Å². The summed E-state index contributed by atoms with van der Waals surface area (Å²) in [4.78, 5) is 24.7. The second-order valence-electron chi connectivity index (χ2n) is 6.70. The van der Waals surface area contributed by atoms with E-state index in [1.165, 1.54) is 30.0 Å². The molecule has 0 aliphatic carbocycles. The highest BCUT2D eigenvalue weighted by Gasteiger charge is 2.21. The maximum Gasteiger partial charge on any atom is 0.254 e. The van der Waals surface area contributed by atoms with Crippen LogP contribution in [0.3, 0.4) is 0 Å². The van der Waals surface area contributed by atoms with Crippen LogP contribution in [0, 0.1) is 5.82 Å². The summed E-state index contributed by atoms with van der Waals surface area (Å²) in [7, 11) is 0. The highest BCUT2D eigenvalue weighted by molar-refractivity contribution is 7.99. The van der Waals surface area contributed by atoms with Crippen LogP contribution in [0.4, 0.5) is 10.1 Å². The average molecular weight is 496 g/mol. The molecule has 7 nitrogen and oxygen atoms in total. The summed E-state index contributed by atoms with van der Waals surface area (Å²) in [6.07, 6.45) is 0. The number of halogens is 3. The summed E-state index contributed by atoms with van der Waals surface area (Å²) in [6, 6.07) is 10.2. The largest absolute Gasteiger partial charge is 0.342 e. The number of anilines is 1. The first kappa shape index (κ1) is 24.0. The molecular formula is C21H20Cl2FN5O2S. The minimum Gasteiger partial charge on any atom is -0.342 e. The molecule has 0 bridgehead atoms. The van der Waals surface area contributed by atoms with Gasteiger partial charge in [-0.3, -0.25) is 9.59 Å². The van der Waals surface area contributed by atoms with Crippen molar-refractivity contribution >= 4 is 52.5 Å². The number of benzene rings is 2. The Balaban J connectivity index is 1.65. The monoisotopic (exact) mass is 495 g/mol. The zero-order valence-corrected chi connectivity index (χ0v) is 19.6. The van der Waals surface area contributed by atoms with Gasteiger partial charge in [-0.15, -0.1) is 10.2 Å². The summed E-state index contributed by atoms with van der Waals surface area (Å²) in [5.41, 5.74) is 0.375. The number of nitrogens with zero attached hydrogens (tertiary/aromatic N) is 3. The molecule has 0 radical (unpaired) electrons. The molecule has 1 heterocycles. The van der Waals surface area contributed by atoms with Crippen molar-refractivity contribution in [2.75, 3.05) is 11.1 Å². The Hall–Kier alpha value is -2.62. The fourth-order valence-corrected chi connectivity index (χ4v) is 4.08. The van der Waals surface area contributed by atoms with Crippen LogP contribution in [0.5, 0.6) is 0 Å². The Labute approximate surface area is 198 Å². The maximum absolute atomic E-state index is 13.9. The van der Waals surface area contributed by atoms with E-state index in [1.807, 2.05) is 6.92 Å². The third kappa shape index (κ3) is 5.59. The summed E-state index contributed by atoms with van der Waals surface area (Å²) in [5.74, 6) is -0.869. The maximum atomic E-state index is 13.9. The lowest BCUT2D eigenvalue weighted by atomic mass is 10.2. The van der Waals surface area contributed by atoms with Gasteiger partial charge in [-0.2, -0.15) is 0 Å². The molecule has 3 rings (SSSR count). The first-order valence-corrected chi connectivity index (χ1v) is 11.4. The van der Waals surface area contributed by atoms with E-state index in [0.717, 1.165) is 0 Å². The molecule has 0 saturated carbocycles. The average Bonchev–Trinajstić information content (AvgIpc) is 3.19. The van der Waals surface area contributed by atoms with Crippen molar-refractivity contribution in [3.63, 3.8) is 0 Å². The molecule has 0 saturated heterocycles. The quantitative estimate of drug-likeness (QED) is 0.430. The zero-order chi connectivity index (χ0) is 23.3. The van der Waals surface area contributed by atoms with E-state index in [4.69, 9.17) is 23.2 Å². The van der Waals surface area contributed by atoms with Crippen LogP contribution in [0.1, 0.15) is 36.1 Å². The van der Waals surface area contributed by atoms with Crippen molar-refractivity contribution in [3.05, 3.63) is 69.7 Å². The van der Waals surface area contributed by atoms with Gasteiger partial charge in [-0.1, -0.05) is 53.2 Å². The van der Waals surface area contributed by atoms with E-state index in [1.54, 1.807) is 35.8 Å². The second kappa shape index (κ2) is 10.8. The van der Waals surface area contributed by atoms with Gasteiger partial charge in [0.25, 0.3) is 5.91 Å². The topological polar surface area (TPSA) is 88.9 Å². The van der Waals surface area contributed by atoms with Crippen molar-refractivity contribution in [3.8, 4) is 0 Å². The van der Waals surface area contributed by atoms with E-state index < -0.39 is 17.8 Å². The molecule has 2 amide bonds. The molecule has 11 heteroatoms. The lowest BCUT2D eigenvalue weighted by molar-refractivity contribution is -0.113. The molecule has 1 aromatic heterocycles. The molecule has 2 N–H and O–H groups in total. The summed E-state index contributed by atoms with van der Waals surface area (Å²) in [5, 5.41) is 14.9. The number of aromatic nitrogens is 3. The number of thioether (sulfide) groups is 1. The number of carbonyl (C=O) groups is 2. The highest BCUT2D eigenvalue weighted by Crippen LogP contribution is 2.30. The van der Waals surface area contributed by atoms with Crippen LogP contribution >= 0.6 is 35.0 Å². The minimum absolute atomic E-state index is 0.0483. The van der Waals surface area contributed by atoms with Crippen LogP contribution in [0.2, 0.25) is 10.0 Å². The molecular weight excluding hydrogens is 476 g/mol. The third-order valence-electron chi connectivity index (χ3n) is 4.47. The number of hydrogen-bond acceptors (Lipinski definition) is 5. The third-order valence-corrected chi connectivity index (χ3v) is 6.26. The van der Waals surface area contributed by atoms with E-state index in [0.29, 0.717) is 28.2 Å². The number of nitrogens with one attached hydrogen (secondary N) is 2. The van der Waals surface area contributed by atoms with Gasteiger partial charge in [-0.25, -0.2) is 4.39 Å². The number of amides is 2. The predicted octanol–water partition coefficient (Wildman–Crippen LogP) is 4.97. The summed E-state index contributed by atoms with van der Waals surface area (Å²) < 4.78 is 15.7. The predicted molar refractivity (Wildman–Crippen MR) is 124 cm³/mol. The highest BCUT2D eigenvalue weighted by atomic mass is 35.5. The van der Waals surface area contributed by atoms with Crippen molar-refractivity contribution in [2.45, 2.75) is 31.6 Å². The van der Waals surface area contributed by atoms with Crippen LogP contribution in [0.25, 0.3) is 0 Å². The molecule has 0 aliphatic heterocycles. The molecule has 32 heavy (non-hydrogen) atoms. The van der Waals surface area contributed by atoms with Crippen LogP contribution in [-0.2, 0) is 11.3 Å². The van der Waals surface area contributed by atoms with Crippen LogP contribution in [-0.4, -0.2) is 32.3 Å². The Bertz CT molecular complexity index is 1140. The fourth-order valence-electron chi connectivity index (χ4n) is 2.93. The lowest BCUT2D eigenvalue weighted by Crippen LogP contribution is -2.29. The van der Waals surface area contributed by atoms with Crippen molar-refractivity contribution in [1.82, 2.24) is 20.1 Å². The Morgan fingerprint density at radius 3 is 2.62 bits per heavy atom. The molecule has 1 atom stereocenters. The van der Waals surface area contributed by atoms with Gasteiger partial charge >= 0.3 is 0 Å². The van der Waals surface area contributed by atoms with Gasteiger partial charge in [0.1, 0.15) is 5.82 Å². The molecule has 2 aromatic carbocycles. The SMILES string of the molecule is CCn1c(SCC(=O)Nc2cccc(Cl)c2Cl)nnc1[C@@H](C)NC(=O)c1ccccc1F. The normalized spacial score (nSPS) is 11.8. The lowest BCUT2D eigenvalue weighted by Gasteiger charge is -2.15. The van der Waals surface area contributed by atoms with E-state index in [2.05, 4.69) is 20.8 Å². The molecule has 3 aromatic rings. The van der Waals surface area contributed by atoms with E-state index >= 15 is 0 Å². The Morgan fingerprint density at radius 2 is 1.91 bits per heavy atom. The van der Waals surface area contributed by atoms with Gasteiger partial charge in [0.15, 0.2) is 11.0 Å². The van der Waals surface area contributed by atoms with Gasteiger partial charge in [0, 0.05) is 6.54 Å². The van der Waals surface area contributed by atoms with Crippen molar-refractivity contribution < 1.29 is 14.0 Å². The molecule has 168 valence electrons. The first-order valence-electron chi connectivity index (χ1n) is 9.67. The van der Waals surface area contributed by atoms with Gasteiger partial charge < -0.3 is 15.2 Å². The van der Waals surface area contributed by atoms with Gasteiger partial charge in [-0.05, 0) is 38.1 Å². The van der Waals surface area contributed by atoms with E-state index in [-0.39, 0.29) is 22.2 Å². The number of hydrogen-bond donors (Lipinski definition) is 2. The number of carbonyl (C=O) groups excluding carboxylic acids is 2. The zero-order valence-electron chi connectivity index (χ0n) is 17.2. The Morgan fingerprint density at radius 1 is 1.16 bits per heavy atom. The summed E-state index contributed by atoms with van der Waals surface area (Å²) >= 11 is 13.3. The molecule has 0 spiro atoms. The standard InChI is InChI=1S/C21H20Cl2FN5O2S/c1-3-29-19(12(2)25-20(31)13-7-4-5-9-15(13)24)27-28-21(29)32-11-17(30)26-16-10-6-8-14(22)18(16)23/h4-10,12H,3,11H2,1-2H3,(H,25,31)(H,26,30)/t12-/m1/s1. The van der Waals surface area contributed by atoms with Gasteiger partial charge in [0.2, 0.25) is 5.91 Å². The number of rotatable bonds is 8. The fraction of sp³-hybridized carbons (Fsp3) is 0.238. The van der Waals surface area contributed by atoms with Crippen molar-refractivity contribution in [2.24, 2.45) is 0 Å². The molecule has 0 aliphatic rings.